The molecule has 6 rings (SSSR count). The van der Waals surface area contributed by atoms with Crippen molar-refractivity contribution in [2.24, 2.45) is 0 Å². The largest absolute Gasteiger partial charge is 0.494 e. The van der Waals surface area contributed by atoms with Gasteiger partial charge in [-0.15, -0.1) is 0 Å². The van der Waals surface area contributed by atoms with Gasteiger partial charge in [0.15, 0.2) is 5.82 Å². The number of amides is 1. The number of carbonyl (C=O) groups is 1. The minimum atomic E-state index is -0.324. The van der Waals surface area contributed by atoms with Crippen molar-refractivity contribution in [2.75, 3.05) is 47.4 Å². The fourth-order valence-corrected chi connectivity index (χ4v) is 6.02. The number of anilines is 5. The van der Waals surface area contributed by atoms with Gasteiger partial charge in [-0.3, -0.25) is 9.63 Å². The van der Waals surface area contributed by atoms with Gasteiger partial charge in [-0.05, 0) is 60.9 Å². The summed E-state index contributed by atoms with van der Waals surface area (Å²) in [4.78, 5) is 29.6. The molecule has 0 saturated carbocycles. The van der Waals surface area contributed by atoms with Crippen LogP contribution in [0.5, 0.6) is 5.75 Å². The molecule has 0 unspecified atom stereocenters. The van der Waals surface area contributed by atoms with Crippen LogP contribution in [0.3, 0.4) is 0 Å². The van der Waals surface area contributed by atoms with Crippen molar-refractivity contribution in [3.05, 3.63) is 97.1 Å². The van der Waals surface area contributed by atoms with E-state index in [0.29, 0.717) is 48.5 Å². The number of hydrogen-bond acceptors (Lipinski definition) is 9. The lowest BCUT2D eigenvalue weighted by Gasteiger charge is -2.38. The summed E-state index contributed by atoms with van der Waals surface area (Å²) >= 11 is 0. The van der Waals surface area contributed by atoms with Crippen molar-refractivity contribution in [1.29, 1.82) is 0 Å². The van der Waals surface area contributed by atoms with E-state index in [0.717, 1.165) is 28.8 Å². The summed E-state index contributed by atoms with van der Waals surface area (Å²) < 4.78 is 25.6. The standard InChI is InChI=1S/C35H37FN6O4/c1-5-35(43)40-28-16-29(32(44-4)17-31(28)41-19-22(2)46-23(3)20-41)39-33-18-34(38-21-37-33)42-30(12-13-45-42)26-10-6-8-24(14-26)25-9-7-11-27(36)15-25/h5-11,14-18,21-23,30H,1,12-13,19-20H2,2-4H3,(H,40,43)(H,37,38,39)/t22-,23+,30-/m1/s1. The average Bonchev–Trinajstić information content (AvgIpc) is 3.55. The molecule has 0 aliphatic carbocycles. The van der Waals surface area contributed by atoms with Crippen LogP contribution in [0.25, 0.3) is 11.1 Å². The molecule has 238 valence electrons. The zero-order valence-electron chi connectivity index (χ0n) is 26.1. The van der Waals surface area contributed by atoms with E-state index in [4.69, 9.17) is 14.3 Å². The maximum absolute atomic E-state index is 13.9. The first-order chi connectivity index (χ1) is 22.3. The molecule has 3 heterocycles. The van der Waals surface area contributed by atoms with Gasteiger partial charge in [-0.2, -0.15) is 0 Å². The number of rotatable bonds is 9. The summed E-state index contributed by atoms with van der Waals surface area (Å²) in [6, 6.07) is 20.0. The van der Waals surface area contributed by atoms with E-state index in [1.807, 2.05) is 50.2 Å². The Bertz CT molecular complexity index is 1730. The summed E-state index contributed by atoms with van der Waals surface area (Å²) in [7, 11) is 1.60. The van der Waals surface area contributed by atoms with E-state index in [2.05, 4.69) is 38.1 Å². The Kier molecular flexibility index (Phi) is 9.13. The molecular weight excluding hydrogens is 587 g/mol. The number of nitrogens with zero attached hydrogens (tertiary/aromatic N) is 4. The molecule has 2 aliphatic rings. The van der Waals surface area contributed by atoms with E-state index in [9.17, 15) is 9.18 Å². The van der Waals surface area contributed by atoms with Gasteiger partial charge in [0.25, 0.3) is 0 Å². The first-order valence-electron chi connectivity index (χ1n) is 15.2. The zero-order valence-corrected chi connectivity index (χ0v) is 26.1. The average molecular weight is 625 g/mol. The summed E-state index contributed by atoms with van der Waals surface area (Å²) in [5, 5.41) is 8.08. The number of hydroxylamine groups is 1. The van der Waals surface area contributed by atoms with Gasteiger partial charge in [0.2, 0.25) is 5.91 Å². The predicted molar refractivity (Wildman–Crippen MR) is 177 cm³/mol. The highest BCUT2D eigenvalue weighted by Gasteiger charge is 2.30. The minimum Gasteiger partial charge on any atom is -0.494 e. The fraction of sp³-hybridized carbons (Fsp3) is 0.286. The molecule has 1 amide bonds. The lowest BCUT2D eigenvalue weighted by atomic mass is 9.98. The molecule has 10 nitrogen and oxygen atoms in total. The number of ether oxygens (including phenoxy) is 2. The number of carbonyl (C=O) groups excluding carboxylic acids is 1. The molecule has 0 bridgehead atoms. The van der Waals surface area contributed by atoms with Gasteiger partial charge in [0, 0.05) is 31.6 Å². The summed E-state index contributed by atoms with van der Waals surface area (Å²) in [6.07, 6.45) is 3.51. The zero-order chi connectivity index (χ0) is 32.2. The SMILES string of the molecule is C=CC(=O)Nc1cc(Nc2cc(N3OCC[C@@H]3c3cccc(-c4cccc(F)c4)c3)ncn2)c(OC)cc1N1C[C@@H](C)O[C@@H](C)C1. The summed E-state index contributed by atoms with van der Waals surface area (Å²) in [5.41, 5.74) is 4.78. The monoisotopic (exact) mass is 624 g/mol. The van der Waals surface area contributed by atoms with Crippen LogP contribution in [-0.2, 0) is 14.4 Å². The van der Waals surface area contributed by atoms with Gasteiger partial charge in [0.05, 0.1) is 49.0 Å². The van der Waals surface area contributed by atoms with Crippen LogP contribution in [0.2, 0.25) is 0 Å². The molecule has 2 N–H and O–H groups in total. The molecular formula is C35H37FN6O4. The molecule has 4 aromatic rings. The predicted octanol–water partition coefficient (Wildman–Crippen LogP) is 6.66. The Labute approximate surface area is 267 Å². The van der Waals surface area contributed by atoms with Crippen molar-refractivity contribution in [3.8, 4) is 16.9 Å². The van der Waals surface area contributed by atoms with E-state index in [1.54, 1.807) is 24.3 Å². The molecule has 2 saturated heterocycles. The van der Waals surface area contributed by atoms with Crippen LogP contribution >= 0.6 is 0 Å². The van der Waals surface area contributed by atoms with Crippen LogP contribution in [0, 0.1) is 5.82 Å². The maximum atomic E-state index is 13.9. The first-order valence-corrected chi connectivity index (χ1v) is 15.2. The maximum Gasteiger partial charge on any atom is 0.247 e. The quantitative estimate of drug-likeness (QED) is 0.198. The second kappa shape index (κ2) is 13.6. The molecule has 0 spiro atoms. The highest BCUT2D eigenvalue weighted by Crippen LogP contribution is 2.40. The lowest BCUT2D eigenvalue weighted by molar-refractivity contribution is -0.111. The van der Waals surface area contributed by atoms with Crippen LogP contribution in [0.15, 0.2) is 85.7 Å². The van der Waals surface area contributed by atoms with Crippen LogP contribution in [-0.4, -0.2) is 54.9 Å². The van der Waals surface area contributed by atoms with Gasteiger partial charge in [0.1, 0.15) is 23.7 Å². The molecule has 0 radical (unpaired) electrons. The van der Waals surface area contributed by atoms with Crippen molar-refractivity contribution in [3.63, 3.8) is 0 Å². The molecule has 3 atom stereocenters. The topological polar surface area (TPSA) is 101 Å². The highest BCUT2D eigenvalue weighted by molar-refractivity contribution is 6.02. The van der Waals surface area contributed by atoms with Gasteiger partial charge >= 0.3 is 0 Å². The molecule has 3 aromatic carbocycles. The molecule has 2 aliphatic heterocycles. The number of methoxy groups -OCH3 is 1. The number of morpholine rings is 1. The fourth-order valence-electron chi connectivity index (χ4n) is 6.02. The lowest BCUT2D eigenvalue weighted by Crippen LogP contribution is -2.45. The Morgan fingerprint density at radius 3 is 2.52 bits per heavy atom. The molecule has 1 aromatic heterocycles. The molecule has 46 heavy (non-hydrogen) atoms. The van der Waals surface area contributed by atoms with Crippen LogP contribution in [0.4, 0.5) is 33.1 Å². The number of aromatic nitrogens is 2. The molecule has 2 fully saturated rings. The smallest absolute Gasteiger partial charge is 0.247 e. The Hall–Kier alpha value is -5.00. The number of hydrogen-bond donors (Lipinski definition) is 2. The molecule has 11 heteroatoms. The second-order valence-electron chi connectivity index (χ2n) is 11.4. The third kappa shape index (κ3) is 6.80. The summed E-state index contributed by atoms with van der Waals surface area (Å²) in [6.45, 7) is 9.51. The van der Waals surface area contributed by atoms with Gasteiger partial charge < -0.3 is 25.0 Å². The third-order valence-electron chi connectivity index (χ3n) is 8.00. The van der Waals surface area contributed by atoms with Crippen LogP contribution in [0.1, 0.15) is 31.9 Å². The Morgan fingerprint density at radius 2 is 1.78 bits per heavy atom. The third-order valence-corrected chi connectivity index (χ3v) is 8.00. The van der Waals surface area contributed by atoms with E-state index < -0.39 is 0 Å². The summed E-state index contributed by atoms with van der Waals surface area (Å²) in [5.74, 6) is 1.05. The second-order valence-corrected chi connectivity index (χ2v) is 11.4. The number of benzene rings is 3. The normalized spacial score (nSPS) is 19.5. The van der Waals surface area contributed by atoms with Gasteiger partial charge in [-0.25, -0.2) is 19.4 Å². The van der Waals surface area contributed by atoms with Crippen molar-refractivity contribution < 1.29 is 23.5 Å². The number of nitrogens with one attached hydrogen (secondary N) is 2. The Balaban J connectivity index is 1.28. The highest BCUT2D eigenvalue weighted by atomic mass is 19.1. The van der Waals surface area contributed by atoms with E-state index in [-0.39, 0.29) is 30.0 Å². The Morgan fingerprint density at radius 1 is 1.02 bits per heavy atom. The van der Waals surface area contributed by atoms with Crippen LogP contribution < -0.4 is 25.3 Å². The van der Waals surface area contributed by atoms with Crippen molar-refractivity contribution >= 4 is 34.6 Å². The van der Waals surface area contributed by atoms with E-state index >= 15 is 0 Å². The number of halogens is 1. The van der Waals surface area contributed by atoms with E-state index in [1.165, 1.54) is 24.5 Å². The minimum absolute atomic E-state index is 0.0235. The van der Waals surface area contributed by atoms with Crippen molar-refractivity contribution in [1.82, 2.24) is 9.97 Å². The van der Waals surface area contributed by atoms with Crippen molar-refractivity contribution in [2.45, 2.75) is 38.5 Å². The van der Waals surface area contributed by atoms with Gasteiger partial charge in [-0.1, -0.05) is 36.9 Å². The first kappa shape index (κ1) is 31.0.